The summed E-state index contributed by atoms with van der Waals surface area (Å²) < 4.78 is 15.9. The van der Waals surface area contributed by atoms with Gasteiger partial charge >= 0.3 is 5.97 Å². The molecule has 0 fully saturated rings. The molecule has 0 aliphatic rings. The molecular formula is C21H18N2O5S. The summed E-state index contributed by atoms with van der Waals surface area (Å²) in [6.45, 7) is 1.28. The Morgan fingerprint density at radius 1 is 1.24 bits per heavy atom. The Morgan fingerprint density at radius 2 is 2.03 bits per heavy atom. The standard InChI is InChI=1S/C21H18N2O5S/c1-13-15-11-14(26-2)7-8-17(15)28-20(13)21(25)27-12-19(24)23-16-5-3-4-6-18(16)29-10-9-22/h3-8,11H,10,12H2,1-2H3,(H,23,24). The molecule has 8 heteroatoms. The number of carbonyl (C=O) groups is 2. The first kappa shape index (κ1) is 20.3. The van der Waals surface area contributed by atoms with Gasteiger partial charge in [0.05, 0.1) is 24.6 Å². The zero-order valence-corrected chi connectivity index (χ0v) is 16.7. The van der Waals surface area contributed by atoms with Gasteiger partial charge in [0.2, 0.25) is 5.76 Å². The van der Waals surface area contributed by atoms with Crippen LogP contribution in [-0.4, -0.2) is 31.3 Å². The zero-order valence-electron chi connectivity index (χ0n) is 15.9. The zero-order chi connectivity index (χ0) is 20.8. The molecule has 0 radical (unpaired) electrons. The van der Waals surface area contributed by atoms with Crippen molar-refractivity contribution in [1.29, 1.82) is 5.26 Å². The number of nitriles is 1. The number of furan rings is 1. The number of hydrogen-bond acceptors (Lipinski definition) is 7. The number of hydrogen-bond donors (Lipinski definition) is 1. The van der Waals surface area contributed by atoms with Crippen LogP contribution in [0, 0.1) is 18.3 Å². The van der Waals surface area contributed by atoms with Crippen molar-refractivity contribution >= 4 is 40.3 Å². The third-order valence-corrected chi connectivity index (χ3v) is 5.06. The molecule has 0 aliphatic heterocycles. The fraction of sp³-hybridized carbons (Fsp3) is 0.190. The summed E-state index contributed by atoms with van der Waals surface area (Å²) in [5.41, 5.74) is 1.70. The quantitative estimate of drug-likeness (QED) is 0.461. The van der Waals surface area contributed by atoms with Crippen LogP contribution in [0.3, 0.4) is 0 Å². The van der Waals surface area contributed by atoms with Crippen LogP contribution in [0.1, 0.15) is 16.1 Å². The van der Waals surface area contributed by atoms with Gasteiger partial charge in [-0.1, -0.05) is 12.1 Å². The smallest absolute Gasteiger partial charge is 0.375 e. The van der Waals surface area contributed by atoms with Crippen molar-refractivity contribution in [3.63, 3.8) is 0 Å². The number of nitrogens with zero attached hydrogens (tertiary/aromatic N) is 1. The van der Waals surface area contributed by atoms with Crippen LogP contribution in [0.25, 0.3) is 11.0 Å². The summed E-state index contributed by atoms with van der Waals surface area (Å²) in [5.74, 6) is -0.253. The number of aryl methyl sites for hydroxylation is 1. The molecule has 1 heterocycles. The Morgan fingerprint density at radius 3 is 2.79 bits per heavy atom. The van der Waals surface area contributed by atoms with E-state index in [1.165, 1.54) is 11.8 Å². The van der Waals surface area contributed by atoms with Crippen LogP contribution in [0.4, 0.5) is 5.69 Å². The van der Waals surface area contributed by atoms with Gasteiger partial charge in [-0.2, -0.15) is 5.26 Å². The first-order chi connectivity index (χ1) is 14.0. The second kappa shape index (κ2) is 9.17. The summed E-state index contributed by atoms with van der Waals surface area (Å²) in [4.78, 5) is 25.4. The van der Waals surface area contributed by atoms with Gasteiger partial charge in [-0.25, -0.2) is 4.79 Å². The van der Waals surface area contributed by atoms with E-state index in [0.29, 0.717) is 22.6 Å². The number of carbonyl (C=O) groups excluding carboxylic acids is 2. The highest BCUT2D eigenvalue weighted by Gasteiger charge is 2.20. The molecule has 0 spiro atoms. The van der Waals surface area contributed by atoms with E-state index in [4.69, 9.17) is 19.2 Å². The van der Waals surface area contributed by atoms with Crippen LogP contribution in [0.5, 0.6) is 5.75 Å². The van der Waals surface area contributed by atoms with Gasteiger partial charge in [0.1, 0.15) is 11.3 Å². The van der Waals surface area contributed by atoms with Gasteiger partial charge in [0, 0.05) is 15.8 Å². The lowest BCUT2D eigenvalue weighted by Gasteiger charge is -2.09. The highest BCUT2D eigenvalue weighted by Crippen LogP contribution is 2.29. The van der Waals surface area contributed by atoms with E-state index in [1.54, 1.807) is 50.4 Å². The SMILES string of the molecule is COc1ccc2oc(C(=O)OCC(=O)Nc3ccccc3SCC#N)c(C)c2c1. The third kappa shape index (κ3) is 4.70. The molecule has 0 saturated carbocycles. The minimum atomic E-state index is -0.722. The Bertz CT molecular complexity index is 1100. The maximum absolute atomic E-state index is 12.4. The largest absolute Gasteiger partial charge is 0.497 e. The Balaban J connectivity index is 1.65. The molecule has 3 aromatic rings. The van der Waals surface area contributed by atoms with Gasteiger partial charge in [-0.3, -0.25) is 4.79 Å². The average Bonchev–Trinajstić information content (AvgIpc) is 3.07. The number of methoxy groups -OCH3 is 1. The van der Waals surface area contributed by atoms with E-state index in [1.807, 2.05) is 12.1 Å². The van der Waals surface area contributed by atoms with E-state index in [0.717, 1.165) is 10.3 Å². The van der Waals surface area contributed by atoms with Crippen LogP contribution in [0.2, 0.25) is 0 Å². The summed E-state index contributed by atoms with van der Waals surface area (Å²) in [6, 6.07) is 14.4. The number of benzene rings is 2. The fourth-order valence-electron chi connectivity index (χ4n) is 2.71. The normalized spacial score (nSPS) is 10.4. The number of rotatable bonds is 7. The molecule has 7 nitrogen and oxygen atoms in total. The number of esters is 1. The average molecular weight is 410 g/mol. The van der Waals surface area contributed by atoms with E-state index < -0.39 is 18.5 Å². The molecule has 0 unspecified atom stereocenters. The molecule has 2 aromatic carbocycles. The van der Waals surface area contributed by atoms with E-state index in [-0.39, 0.29) is 11.5 Å². The number of fused-ring (bicyclic) bond motifs is 1. The van der Waals surface area contributed by atoms with Gasteiger partial charge in [0.25, 0.3) is 5.91 Å². The Kier molecular flexibility index (Phi) is 6.42. The second-order valence-corrected chi connectivity index (χ2v) is 7.00. The second-order valence-electron chi connectivity index (χ2n) is 5.99. The predicted octanol–water partition coefficient (Wildman–Crippen LogP) is 4.16. The molecule has 0 aliphatic carbocycles. The summed E-state index contributed by atoms with van der Waals surface area (Å²) >= 11 is 1.31. The molecule has 1 aromatic heterocycles. The van der Waals surface area contributed by atoms with Crippen molar-refractivity contribution in [2.45, 2.75) is 11.8 Å². The van der Waals surface area contributed by atoms with Crippen molar-refractivity contribution < 1.29 is 23.5 Å². The lowest BCUT2D eigenvalue weighted by Crippen LogP contribution is -2.21. The Labute approximate surface area is 171 Å². The van der Waals surface area contributed by atoms with Crippen LogP contribution in [0.15, 0.2) is 51.8 Å². The fourth-order valence-corrected chi connectivity index (χ4v) is 3.38. The number of anilines is 1. The molecule has 1 N–H and O–H groups in total. The van der Waals surface area contributed by atoms with Crippen molar-refractivity contribution in [3.8, 4) is 11.8 Å². The van der Waals surface area contributed by atoms with Crippen LogP contribution >= 0.6 is 11.8 Å². The van der Waals surface area contributed by atoms with Gasteiger partial charge in [-0.05, 0) is 37.3 Å². The molecule has 0 saturated heterocycles. The van der Waals surface area contributed by atoms with Crippen molar-refractivity contribution in [3.05, 3.63) is 53.8 Å². The predicted molar refractivity (Wildman–Crippen MR) is 109 cm³/mol. The number of nitrogens with one attached hydrogen (secondary N) is 1. The molecule has 0 bridgehead atoms. The summed E-state index contributed by atoms with van der Waals surface area (Å²) in [7, 11) is 1.56. The van der Waals surface area contributed by atoms with E-state index in [9.17, 15) is 9.59 Å². The summed E-state index contributed by atoms with van der Waals surface area (Å²) in [5, 5.41) is 12.2. The first-order valence-electron chi connectivity index (χ1n) is 8.66. The molecule has 29 heavy (non-hydrogen) atoms. The molecule has 148 valence electrons. The maximum atomic E-state index is 12.4. The van der Waals surface area contributed by atoms with Gasteiger partial charge < -0.3 is 19.2 Å². The third-order valence-electron chi connectivity index (χ3n) is 4.12. The number of ether oxygens (including phenoxy) is 2. The van der Waals surface area contributed by atoms with E-state index >= 15 is 0 Å². The molecule has 1 amide bonds. The van der Waals surface area contributed by atoms with Gasteiger partial charge in [-0.15, -0.1) is 11.8 Å². The van der Waals surface area contributed by atoms with Crippen molar-refractivity contribution in [2.24, 2.45) is 0 Å². The topological polar surface area (TPSA) is 102 Å². The number of thioether (sulfide) groups is 1. The number of para-hydroxylation sites is 1. The highest BCUT2D eigenvalue weighted by molar-refractivity contribution is 7.99. The molecule has 0 atom stereocenters. The molecule has 3 rings (SSSR count). The maximum Gasteiger partial charge on any atom is 0.375 e. The first-order valence-corrected chi connectivity index (χ1v) is 9.65. The van der Waals surface area contributed by atoms with Crippen molar-refractivity contribution in [1.82, 2.24) is 0 Å². The van der Waals surface area contributed by atoms with Crippen LogP contribution < -0.4 is 10.1 Å². The lowest BCUT2D eigenvalue weighted by molar-refractivity contribution is -0.119. The minimum Gasteiger partial charge on any atom is -0.497 e. The van der Waals surface area contributed by atoms with E-state index in [2.05, 4.69) is 5.32 Å². The molecular weight excluding hydrogens is 392 g/mol. The highest BCUT2D eigenvalue weighted by atomic mass is 32.2. The lowest BCUT2D eigenvalue weighted by atomic mass is 10.1. The monoisotopic (exact) mass is 410 g/mol. The number of amides is 1. The Hall–Kier alpha value is -3.44. The van der Waals surface area contributed by atoms with Crippen molar-refractivity contribution in [2.75, 3.05) is 24.8 Å². The summed E-state index contributed by atoms with van der Waals surface area (Å²) in [6.07, 6.45) is 0. The minimum absolute atomic E-state index is 0.0472. The van der Waals surface area contributed by atoms with Gasteiger partial charge in [0.15, 0.2) is 6.61 Å². The van der Waals surface area contributed by atoms with Crippen LogP contribution in [-0.2, 0) is 9.53 Å².